The molecule has 12 heavy (non-hydrogen) atoms. The number of ether oxygens (including phenoxy) is 1. The minimum absolute atomic E-state index is 0.909. The summed E-state index contributed by atoms with van der Waals surface area (Å²) in [7, 11) is 2.29. The summed E-state index contributed by atoms with van der Waals surface area (Å²) in [6.45, 7) is 12.0. The summed E-state index contributed by atoms with van der Waals surface area (Å²) in [5.74, 6) is 0. The lowest BCUT2D eigenvalue weighted by atomic mass is 10.4. The fraction of sp³-hybridized carbons (Fsp3) is 1.00. The van der Waals surface area contributed by atoms with Gasteiger partial charge in [0, 0.05) is 6.61 Å². The molecule has 0 radical (unpaired) electrons. The quantitative estimate of drug-likeness (QED) is 0.423. The van der Waals surface area contributed by atoms with E-state index in [-0.39, 0.29) is 0 Å². The second-order valence-electron chi connectivity index (χ2n) is 3.59. The Labute approximate surface area is 77.1 Å². The van der Waals surface area contributed by atoms with E-state index in [2.05, 4.69) is 27.8 Å². The van der Waals surface area contributed by atoms with Crippen molar-refractivity contribution in [3.63, 3.8) is 0 Å². The Kier molecular flexibility index (Phi) is 6.39. The molecule has 0 saturated carbocycles. The van der Waals surface area contributed by atoms with Crippen molar-refractivity contribution >= 4 is 0 Å². The molecule has 0 heterocycles. The average Bonchev–Trinajstić information content (AvgIpc) is 2.12. The van der Waals surface area contributed by atoms with Crippen molar-refractivity contribution in [1.29, 1.82) is 0 Å². The second-order valence-corrected chi connectivity index (χ2v) is 3.59. The van der Waals surface area contributed by atoms with Crippen LogP contribution in [0.4, 0.5) is 0 Å². The Morgan fingerprint density at radius 1 is 1.00 bits per heavy atom. The highest BCUT2D eigenvalue weighted by molar-refractivity contribution is 4.34. The molecule has 0 saturated heterocycles. The van der Waals surface area contributed by atoms with Crippen LogP contribution < -0.4 is 0 Å². The van der Waals surface area contributed by atoms with E-state index >= 15 is 0 Å². The maximum absolute atomic E-state index is 5.47. The van der Waals surface area contributed by atoms with Crippen molar-refractivity contribution in [2.45, 2.75) is 27.2 Å². The van der Waals surface area contributed by atoms with Crippen LogP contribution >= 0.6 is 0 Å². The molecule has 74 valence electrons. The van der Waals surface area contributed by atoms with Gasteiger partial charge in [0.2, 0.25) is 0 Å². The Morgan fingerprint density at radius 2 is 1.58 bits per heavy atom. The third-order valence-corrected chi connectivity index (χ3v) is 2.65. The van der Waals surface area contributed by atoms with Gasteiger partial charge >= 0.3 is 0 Å². The summed E-state index contributed by atoms with van der Waals surface area (Å²) in [4.78, 5) is 0. The number of likely N-dealkylation sites (N-methyl/N-ethyl adjacent to an activating group) is 1. The van der Waals surface area contributed by atoms with Crippen molar-refractivity contribution < 1.29 is 9.22 Å². The first kappa shape index (κ1) is 11.9. The minimum atomic E-state index is 0.909. The van der Waals surface area contributed by atoms with Crippen molar-refractivity contribution in [2.24, 2.45) is 0 Å². The molecule has 0 aromatic heterocycles. The van der Waals surface area contributed by atoms with Crippen LogP contribution in [0.1, 0.15) is 27.2 Å². The van der Waals surface area contributed by atoms with E-state index in [9.17, 15) is 0 Å². The summed E-state index contributed by atoms with van der Waals surface area (Å²) >= 11 is 0. The summed E-state index contributed by atoms with van der Waals surface area (Å²) in [5.41, 5.74) is 0. The lowest BCUT2D eigenvalue weighted by Crippen LogP contribution is -2.45. The van der Waals surface area contributed by atoms with Crippen molar-refractivity contribution in [1.82, 2.24) is 0 Å². The molecule has 0 aromatic rings. The third-order valence-electron chi connectivity index (χ3n) is 2.65. The van der Waals surface area contributed by atoms with Gasteiger partial charge in [0.1, 0.15) is 6.54 Å². The van der Waals surface area contributed by atoms with E-state index < -0.39 is 0 Å². The van der Waals surface area contributed by atoms with Gasteiger partial charge < -0.3 is 9.22 Å². The first-order valence-corrected chi connectivity index (χ1v) is 5.09. The van der Waals surface area contributed by atoms with Crippen LogP contribution in [0.25, 0.3) is 0 Å². The molecule has 0 bridgehead atoms. The minimum Gasteiger partial charge on any atom is -0.376 e. The molecular weight excluding hydrogens is 150 g/mol. The number of hydrogen-bond donors (Lipinski definition) is 0. The Bertz CT molecular complexity index is 100. The standard InChI is InChI=1S/C10H24NO/c1-5-9-12-10-8-11(4,6-2)7-3/h5-10H2,1-4H3/q+1. The fourth-order valence-corrected chi connectivity index (χ4v) is 1.07. The molecule has 0 spiro atoms. The van der Waals surface area contributed by atoms with Gasteiger partial charge in [0.15, 0.2) is 0 Å². The van der Waals surface area contributed by atoms with E-state index in [1.807, 2.05) is 0 Å². The molecule has 0 aliphatic heterocycles. The highest BCUT2D eigenvalue weighted by atomic mass is 16.5. The maximum atomic E-state index is 5.47. The van der Waals surface area contributed by atoms with Gasteiger partial charge in [0.05, 0.1) is 26.7 Å². The topological polar surface area (TPSA) is 9.23 Å². The molecule has 0 unspecified atom stereocenters. The van der Waals surface area contributed by atoms with Crippen molar-refractivity contribution in [3.8, 4) is 0 Å². The van der Waals surface area contributed by atoms with Crippen LogP contribution in [0.15, 0.2) is 0 Å². The average molecular weight is 174 g/mol. The molecule has 0 aliphatic carbocycles. The largest absolute Gasteiger partial charge is 0.376 e. The second kappa shape index (κ2) is 6.44. The number of nitrogens with zero attached hydrogens (tertiary/aromatic N) is 1. The Hall–Kier alpha value is -0.0800. The zero-order valence-corrected chi connectivity index (χ0v) is 9.10. The Morgan fingerprint density at radius 3 is 2.00 bits per heavy atom. The number of quaternary nitrogens is 1. The van der Waals surface area contributed by atoms with Gasteiger partial charge in [0.25, 0.3) is 0 Å². The van der Waals surface area contributed by atoms with Crippen LogP contribution in [-0.2, 0) is 4.74 Å². The van der Waals surface area contributed by atoms with E-state index in [1.54, 1.807) is 0 Å². The highest BCUT2D eigenvalue weighted by Gasteiger charge is 2.14. The molecular formula is C10H24NO+. The zero-order valence-electron chi connectivity index (χ0n) is 9.10. The van der Waals surface area contributed by atoms with Crippen molar-refractivity contribution in [3.05, 3.63) is 0 Å². The summed E-state index contributed by atoms with van der Waals surface area (Å²) in [6.07, 6.45) is 1.13. The van der Waals surface area contributed by atoms with Crippen LogP contribution in [0.3, 0.4) is 0 Å². The van der Waals surface area contributed by atoms with Gasteiger partial charge in [-0.15, -0.1) is 0 Å². The van der Waals surface area contributed by atoms with Gasteiger partial charge in [-0.2, -0.15) is 0 Å². The first-order chi connectivity index (χ1) is 5.68. The van der Waals surface area contributed by atoms with Crippen molar-refractivity contribution in [2.75, 3.05) is 39.9 Å². The van der Waals surface area contributed by atoms with Crippen LogP contribution in [0.2, 0.25) is 0 Å². The molecule has 0 atom stereocenters. The van der Waals surface area contributed by atoms with Gasteiger partial charge in [-0.3, -0.25) is 0 Å². The van der Waals surface area contributed by atoms with Gasteiger partial charge in [-0.05, 0) is 20.3 Å². The molecule has 2 nitrogen and oxygen atoms in total. The highest BCUT2D eigenvalue weighted by Crippen LogP contribution is 2.00. The molecule has 2 heteroatoms. The fourth-order valence-electron chi connectivity index (χ4n) is 1.07. The molecule has 0 N–H and O–H groups in total. The van der Waals surface area contributed by atoms with E-state index in [0.717, 1.165) is 30.7 Å². The van der Waals surface area contributed by atoms with Gasteiger partial charge in [-0.1, -0.05) is 6.92 Å². The monoisotopic (exact) mass is 174 g/mol. The van der Waals surface area contributed by atoms with E-state index in [0.29, 0.717) is 0 Å². The van der Waals surface area contributed by atoms with Crippen LogP contribution in [-0.4, -0.2) is 44.4 Å². The van der Waals surface area contributed by atoms with E-state index in [4.69, 9.17) is 4.74 Å². The van der Waals surface area contributed by atoms with Crippen LogP contribution in [0.5, 0.6) is 0 Å². The molecule has 0 rings (SSSR count). The number of hydrogen-bond acceptors (Lipinski definition) is 1. The number of rotatable bonds is 7. The summed E-state index contributed by atoms with van der Waals surface area (Å²) in [5, 5.41) is 0. The Balaban J connectivity index is 3.45. The first-order valence-electron chi connectivity index (χ1n) is 5.09. The molecule has 0 amide bonds. The predicted octanol–water partition coefficient (Wildman–Crippen LogP) is 1.90. The van der Waals surface area contributed by atoms with E-state index in [1.165, 1.54) is 13.1 Å². The predicted molar refractivity (Wildman–Crippen MR) is 53.2 cm³/mol. The van der Waals surface area contributed by atoms with Gasteiger partial charge in [-0.25, -0.2) is 0 Å². The third kappa shape index (κ3) is 4.73. The SMILES string of the molecule is CCCOCC[N+](C)(CC)CC. The summed E-state index contributed by atoms with van der Waals surface area (Å²) in [6, 6.07) is 0. The van der Waals surface area contributed by atoms with Crippen LogP contribution in [0, 0.1) is 0 Å². The smallest absolute Gasteiger partial charge is 0.102 e. The lowest BCUT2D eigenvalue weighted by Gasteiger charge is -2.31. The summed E-state index contributed by atoms with van der Waals surface area (Å²) < 4.78 is 6.60. The molecule has 0 fully saturated rings. The molecule has 0 aliphatic rings. The zero-order chi connectivity index (χ0) is 9.45. The normalized spacial score (nSPS) is 12.0. The molecule has 0 aromatic carbocycles. The lowest BCUT2D eigenvalue weighted by molar-refractivity contribution is -0.906. The maximum Gasteiger partial charge on any atom is 0.102 e.